The molecule has 2 rings (SSSR count). The zero-order valence-corrected chi connectivity index (χ0v) is 15.0. The Labute approximate surface area is 137 Å². The van der Waals surface area contributed by atoms with Crippen molar-refractivity contribution < 1.29 is 9.53 Å². The Morgan fingerprint density at radius 1 is 1.59 bits per heavy atom. The van der Waals surface area contributed by atoms with Gasteiger partial charge in [-0.25, -0.2) is 9.78 Å². The van der Waals surface area contributed by atoms with Crippen molar-refractivity contribution in [2.75, 3.05) is 13.1 Å². The summed E-state index contributed by atoms with van der Waals surface area (Å²) in [7, 11) is 0. The predicted molar refractivity (Wildman–Crippen MR) is 89.2 cm³/mol. The van der Waals surface area contributed by atoms with E-state index in [-0.39, 0.29) is 18.2 Å². The van der Waals surface area contributed by atoms with Gasteiger partial charge in [-0.2, -0.15) is 0 Å². The molecule has 1 saturated heterocycles. The molecular weight excluding hydrogens is 298 g/mol. The van der Waals surface area contributed by atoms with Gasteiger partial charge in [0.2, 0.25) is 0 Å². The molecule has 22 heavy (non-hydrogen) atoms. The fourth-order valence-electron chi connectivity index (χ4n) is 2.61. The van der Waals surface area contributed by atoms with Crippen LogP contribution in [-0.2, 0) is 4.74 Å². The van der Waals surface area contributed by atoms with Crippen LogP contribution in [0.5, 0.6) is 0 Å². The van der Waals surface area contributed by atoms with E-state index in [2.05, 4.69) is 22.6 Å². The third-order valence-electron chi connectivity index (χ3n) is 3.75. The molecule has 124 valence electrons. The molecule has 6 heteroatoms. The minimum absolute atomic E-state index is 0.200. The highest BCUT2D eigenvalue weighted by molar-refractivity contribution is 7.09. The van der Waals surface area contributed by atoms with Crippen LogP contribution in [0, 0.1) is 6.92 Å². The standard InChI is InChI=1S/C16H27N3O2S/c1-11(14-10-22-12(2)18-14)17-9-13-7-6-8-19(13)15(20)21-16(3,4)5/h10-11,13,17H,6-9H2,1-5H3. The van der Waals surface area contributed by atoms with Gasteiger partial charge in [-0.05, 0) is 47.5 Å². The number of aromatic nitrogens is 1. The van der Waals surface area contributed by atoms with Gasteiger partial charge in [0, 0.05) is 30.6 Å². The first kappa shape index (κ1) is 17.2. The Morgan fingerprint density at radius 2 is 2.32 bits per heavy atom. The smallest absolute Gasteiger partial charge is 0.410 e. The van der Waals surface area contributed by atoms with Crippen LogP contribution >= 0.6 is 11.3 Å². The van der Waals surface area contributed by atoms with Crippen LogP contribution in [0.3, 0.4) is 0 Å². The number of likely N-dealkylation sites (tertiary alicyclic amines) is 1. The second-order valence-corrected chi connectivity index (χ2v) is 7.95. The van der Waals surface area contributed by atoms with Crippen LogP contribution in [0.15, 0.2) is 5.38 Å². The van der Waals surface area contributed by atoms with E-state index in [1.165, 1.54) is 0 Å². The lowest BCUT2D eigenvalue weighted by Crippen LogP contribution is -2.44. The Kier molecular flexibility index (Phi) is 5.45. The summed E-state index contributed by atoms with van der Waals surface area (Å²) in [6.45, 7) is 11.4. The van der Waals surface area contributed by atoms with Gasteiger partial charge in [-0.1, -0.05) is 0 Å². The molecule has 0 radical (unpaired) electrons. The van der Waals surface area contributed by atoms with E-state index in [4.69, 9.17) is 4.74 Å². The van der Waals surface area contributed by atoms with Crippen molar-refractivity contribution in [2.45, 2.75) is 65.1 Å². The first-order valence-corrected chi connectivity index (χ1v) is 8.79. The average molecular weight is 325 g/mol. The van der Waals surface area contributed by atoms with E-state index in [1.807, 2.05) is 32.6 Å². The molecule has 0 bridgehead atoms. The second kappa shape index (κ2) is 6.96. The first-order valence-electron chi connectivity index (χ1n) is 7.91. The molecular formula is C16H27N3O2S. The molecule has 2 atom stereocenters. The molecule has 1 amide bonds. The lowest BCUT2D eigenvalue weighted by molar-refractivity contribution is 0.0225. The van der Waals surface area contributed by atoms with Crippen LogP contribution in [0.25, 0.3) is 0 Å². The Hall–Kier alpha value is -1.14. The van der Waals surface area contributed by atoms with E-state index < -0.39 is 5.60 Å². The summed E-state index contributed by atoms with van der Waals surface area (Å²) in [6, 6.07) is 0.406. The molecule has 1 aliphatic heterocycles. The van der Waals surface area contributed by atoms with Crippen molar-refractivity contribution in [2.24, 2.45) is 0 Å². The number of hydrogen-bond donors (Lipinski definition) is 1. The molecule has 0 aliphatic carbocycles. The molecule has 0 aromatic carbocycles. The molecule has 2 unspecified atom stereocenters. The number of nitrogens with one attached hydrogen (secondary N) is 1. The molecule has 5 nitrogen and oxygen atoms in total. The normalized spacial score (nSPS) is 20.2. The van der Waals surface area contributed by atoms with Crippen LogP contribution in [0.4, 0.5) is 4.79 Å². The van der Waals surface area contributed by atoms with E-state index in [0.29, 0.717) is 0 Å². The number of thiazole rings is 1. The number of carbonyl (C=O) groups excluding carboxylic acids is 1. The monoisotopic (exact) mass is 325 g/mol. The van der Waals surface area contributed by atoms with E-state index in [1.54, 1.807) is 11.3 Å². The Morgan fingerprint density at radius 3 is 2.91 bits per heavy atom. The van der Waals surface area contributed by atoms with E-state index in [0.717, 1.165) is 36.6 Å². The fourth-order valence-corrected chi connectivity index (χ4v) is 3.31. The average Bonchev–Trinajstić information content (AvgIpc) is 3.02. The maximum Gasteiger partial charge on any atom is 0.410 e. The first-order chi connectivity index (χ1) is 10.3. The van der Waals surface area contributed by atoms with Gasteiger partial charge in [0.15, 0.2) is 0 Å². The zero-order chi connectivity index (χ0) is 16.3. The topological polar surface area (TPSA) is 54.5 Å². The molecule has 0 spiro atoms. The number of hydrogen-bond acceptors (Lipinski definition) is 5. The van der Waals surface area contributed by atoms with Crippen LogP contribution < -0.4 is 5.32 Å². The summed E-state index contributed by atoms with van der Waals surface area (Å²) < 4.78 is 5.50. The Bertz CT molecular complexity index is 510. The zero-order valence-electron chi connectivity index (χ0n) is 14.2. The highest BCUT2D eigenvalue weighted by atomic mass is 32.1. The molecule has 1 aliphatic rings. The summed E-state index contributed by atoms with van der Waals surface area (Å²) >= 11 is 1.67. The van der Waals surface area contributed by atoms with Gasteiger partial charge >= 0.3 is 6.09 Å². The summed E-state index contributed by atoms with van der Waals surface area (Å²) in [5, 5.41) is 6.67. The largest absolute Gasteiger partial charge is 0.444 e. The molecule has 1 N–H and O–H groups in total. The quantitative estimate of drug-likeness (QED) is 0.920. The summed E-state index contributed by atoms with van der Waals surface area (Å²) in [5.74, 6) is 0. The lowest BCUT2D eigenvalue weighted by atomic mass is 10.2. The fraction of sp³-hybridized carbons (Fsp3) is 0.750. The van der Waals surface area contributed by atoms with Crippen molar-refractivity contribution in [1.82, 2.24) is 15.2 Å². The van der Waals surface area contributed by atoms with Gasteiger partial charge in [-0.3, -0.25) is 0 Å². The summed E-state index contributed by atoms with van der Waals surface area (Å²) in [4.78, 5) is 18.6. The molecule has 1 aromatic heterocycles. The highest BCUT2D eigenvalue weighted by Gasteiger charge is 2.32. The highest BCUT2D eigenvalue weighted by Crippen LogP contribution is 2.22. The minimum atomic E-state index is -0.441. The maximum atomic E-state index is 12.3. The summed E-state index contributed by atoms with van der Waals surface area (Å²) in [6.07, 6.45) is 1.86. The summed E-state index contributed by atoms with van der Waals surface area (Å²) in [5.41, 5.74) is 0.632. The number of ether oxygens (including phenoxy) is 1. The minimum Gasteiger partial charge on any atom is -0.444 e. The van der Waals surface area contributed by atoms with Gasteiger partial charge < -0.3 is 15.0 Å². The van der Waals surface area contributed by atoms with Crippen molar-refractivity contribution in [3.8, 4) is 0 Å². The van der Waals surface area contributed by atoms with Crippen LogP contribution in [0.2, 0.25) is 0 Å². The SMILES string of the molecule is Cc1nc(C(C)NCC2CCCN2C(=O)OC(C)(C)C)cs1. The number of aryl methyl sites for hydroxylation is 1. The third-order valence-corrected chi connectivity index (χ3v) is 4.54. The van der Waals surface area contributed by atoms with Crippen molar-refractivity contribution in [1.29, 1.82) is 0 Å². The third kappa shape index (κ3) is 4.68. The van der Waals surface area contributed by atoms with Crippen LogP contribution in [0.1, 0.15) is 57.3 Å². The van der Waals surface area contributed by atoms with Crippen molar-refractivity contribution >= 4 is 17.4 Å². The number of amides is 1. The van der Waals surface area contributed by atoms with E-state index in [9.17, 15) is 4.79 Å². The van der Waals surface area contributed by atoms with Crippen LogP contribution in [-0.4, -0.2) is 40.7 Å². The Balaban J connectivity index is 1.87. The molecule has 2 heterocycles. The van der Waals surface area contributed by atoms with E-state index >= 15 is 0 Å². The second-order valence-electron chi connectivity index (χ2n) is 6.89. The van der Waals surface area contributed by atoms with Gasteiger partial charge in [0.1, 0.15) is 5.60 Å². The molecule has 1 aromatic rings. The number of nitrogens with zero attached hydrogens (tertiary/aromatic N) is 2. The molecule has 1 fully saturated rings. The lowest BCUT2D eigenvalue weighted by Gasteiger charge is -2.29. The molecule has 0 saturated carbocycles. The number of carbonyl (C=O) groups is 1. The van der Waals surface area contributed by atoms with Gasteiger partial charge in [0.25, 0.3) is 0 Å². The number of rotatable bonds is 4. The van der Waals surface area contributed by atoms with Crippen molar-refractivity contribution in [3.05, 3.63) is 16.1 Å². The van der Waals surface area contributed by atoms with Crippen molar-refractivity contribution in [3.63, 3.8) is 0 Å². The van der Waals surface area contributed by atoms with Gasteiger partial charge in [-0.15, -0.1) is 11.3 Å². The maximum absolute atomic E-state index is 12.3. The van der Waals surface area contributed by atoms with Gasteiger partial charge in [0.05, 0.1) is 10.7 Å². The predicted octanol–water partition coefficient (Wildman–Crippen LogP) is 3.50.